The Balaban J connectivity index is 5.06. The minimum absolute atomic E-state index is 0.0287. The first-order valence-electron chi connectivity index (χ1n) is 34.8. The summed E-state index contributed by atoms with van der Waals surface area (Å²) in [6, 6.07) is -0.879. The molecule has 0 radical (unpaired) electrons. The molecule has 0 aromatic rings. The van der Waals surface area contributed by atoms with Crippen LogP contribution >= 0.6 is 7.82 Å². The Hall–Kier alpha value is -2.55. The van der Waals surface area contributed by atoms with Gasteiger partial charge in [-0.1, -0.05) is 312 Å². The van der Waals surface area contributed by atoms with Gasteiger partial charge in [0.25, 0.3) is 0 Å². The SMILES string of the molecule is CC/C=C\C/C=C\C/C=C\C/C=C\C/C=C\CCCC(=O)NC(COP(=O)(O)OCC[N+](C)(C)C)C(/C=C\CCCCCCCCCCCC)OC(=O)CCCCCCCCCCCCCCCCCCCCCCCCCCCCC. The zero-order valence-electron chi connectivity index (χ0n) is 54.7. The van der Waals surface area contributed by atoms with Gasteiger partial charge in [0.1, 0.15) is 19.3 Å². The van der Waals surface area contributed by atoms with Crippen LogP contribution in [0.3, 0.4) is 0 Å². The maximum absolute atomic E-state index is 13.5. The highest BCUT2D eigenvalue weighted by molar-refractivity contribution is 7.47. The molecule has 82 heavy (non-hydrogen) atoms. The number of carbonyl (C=O) groups is 2. The monoisotopic (exact) mass is 1170 g/mol. The Morgan fingerprint density at radius 2 is 0.793 bits per heavy atom. The van der Waals surface area contributed by atoms with Gasteiger partial charge in [0.15, 0.2) is 0 Å². The predicted molar refractivity (Wildman–Crippen MR) is 355 cm³/mol. The van der Waals surface area contributed by atoms with Crippen LogP contribution in [0.5, 0.6) is 0 Å². The van der Waals surface area contributed by atoms with Crippen molar-refractivity contribution in [1.29, 1.82) is 0 Å². The van der Waals surface area contributed by atoms with Crippen LogP contribution in [0.4, 0.5) is 0 Å². The van der Waals surface area contributed by atoms with Crippen molar-refractivity contribution >= 4 is 19.7 Å². The molecule has 0 aromatic carbocycles. The number of ether oxygens (including phenoxy) is 1. The number of hydrogen-bond donors (Lipinski definition) is 2. The Bertz CT molecular complexity index is 1630. The number of likely N-dealkylation sites (N-methyl/N-ethyl adjacent to an activating group) is 1. The smallest absolute Gasteiger partial charge is 0.456 e. The number of nitrogens with one attached hydrogen (secondary N) is 1. The van der Waals surface area contributed by atoms with E-state index in [2.05, 4.69) is 86.8 Å². The standard InChI is InChI=1S/C72H133N2O7P/c1-7-10-13-16-19-22-25-28-30-32-33-34-35-36-37-38-39-40-41-43-45-47-50-53-56-59-62-65-72(76)81-70(63-60-57-54-51-48-27-24-21-18-15-12-9-3)69(68-80-82(77,78)79-67-66-74(4,5)6)73-71(75)64-61-58-55-52-49-46-44-42-31-29-26-23-20-17-14-11-8-2/h11,14,20,23,29,31,44,46,52,55,60,63,69-70H,7-10,12-13,15-19,21-22,24-28,30,32-43,45,47-51,53-54,56-59,61-62,64-68H2,1-6H3,(H-,73,75,77,78)/p+1/b14-11-,23-20-,31-29-,46-44-,55-52-,63-60-. The van der Waals surface area contributed by atoms with Crippen LogP contribution in [0.1, 0.15) is 323 Å². The molecule has 0 aliphatic rings. The second kappa shape index (κ2) is 61.5. The number of quaternary nitrogens is 1. The highest BCUT2D eigenvalue weighted by Crippen LogP contribution is 2.43. The molecule has 2 N–H and O–H groups in total. The van der Waals surface area contributed by atoms with Gasteiger partial charge in [-0.05, 0) is 70.3 Å². The lowest BCUT2D eigenvalue weighted by Crippen LogP contribution is -2.47. The highest BCUT2D eigenvalue weighted by Gasteiger charge is 2.30. The van der Waals surface area contributed by atoms with Gasteiger partial charge < -0.3 is 19.4 Å². The van der Waals surface area contributed by atoms with E-state index in [9.17, 15) is 19.0 Å². The second-order valence-electron chi connectivity index (χ2n) is 24.7. The number of esters is 1. The van der Waals surface area contributed by atoms with Crippen LogP contribution in [0.15, 0.2) is 72.9 Å². The van der Waals surface area contributed by atoms with E-state index in [4.69, 9.17) is 13.8 Å². The zero-order chi connectivity index (χ0) is 60.0. The molecule has 0 aromatic heterocycles. The van der Waals surface area contributed by atoms with Crippen LogP contribution in [0, 0.1) is 0 Å². The molecule has 0 spiro atoms. The topological polar surface area (TPSA) is 111 Å². The zero-order valence-corrected chi connectivity index (χ0v) is 55.6. The summed E-state index contributed by atoms with van der Waals surface area (Å²) in [6.45, 7) is 6.89. The second-order valence-corrected chi connectivity index (χ2v) is 26.1. The van der Waals surface area contributed by atoms with Crippen LogP contribution in [0.2, 0.25) is 0 Å². The largest absolute Gasteiger partial charge is 0.472 e. The number of amides is 1. The average Bonchev–Trinajstić information content (AvgIpc) is 3.44. The lowest BCUT2D eigenvalue weighted by Gasteiger charge is -2.27. The number of phosphoric ester groups is 1. The molecule has 0 fully saturated rings. The summed E-state index contributed by atoms with van der Waals surface area (Å²) in [5, 5.41) is 3.03. The van der Waals surface area contributed by atoms with Crippen LogP contribution < -0.4 is 5.32 Å². The minimum Gasteiger partial charge on any atom is -0.456 e. The van der Waals surface area contributed by atoms with Crippen molar-refractivity contribution in [2.75, 3.05) is 40.9 Å². The van der Waals surface area contributed by atoms with Gasteiger partial charge in [-0.15, -0.1) is 0 Å². The van der Waals surface area contributed by atoms with E-state index in [0.717, 1.165) is 77.0 Å². The van der Waals surface area contributed by atoms with Crippen molar-refractivity contribution in [3.05, 3.63) is 72.9 Å². The number of hydrogen-bond acceptors (Lipinski definition) is 6. The number of nitrogens with zero attached hydrogens (tertiary/aromatic N) is 1. The Morgan fingerprint density at radius 1 is 0.439 bits per heavy atom. The fourth-order valence-electron chi connectivity index (χ4n) is 10.1. The molecule has 3 unspecified atom stereocenters. The quantitative estimate of drug-likeness (QED) is 0.0205. The molecule has 478 valence electrons. The molecule has 0 heterocycles. The Labute approximate surface area is 508 Å². The number of phosphoric acid groups is 1. The third-order valence-corrected chi connectivity index (χ3v) is 16.4. The fraction of sp³-hybridized carbons (Fsp3) is 0.806. The van der Waals surface area contributed by atoms with Crippen LogP contribution in [-0.2, 0) is 27.9 Å². The van der Waals surface area contributed by atoms with E-state index in [0.29, 0.717) is 17.4 Å². The number of unbranched alkanes of at least 4 members (excludes halogenated alkanes) is 37. The van der Waals surface area contributed by atoms with E-state index >= 15 is 0 Å². The van der Waals surface area contributed by atoms with E-state index in [-0.39, 0.29) is 37.9 Å². The van der Waals surface area contributed by atoms with Crippen molar-refractivity contribution in [1.82, 2.24) is 5.32 Å². The average molecular weight is 1170 g/mol. The van der Waals surface area contributed by atoms with Crippen molar-refractivity contribution in [2.45, 2.75) is 335 Å². The first kappa shape index (κ1) is 79.5. The molecule has 1 amide bonds. The molecular formula is C72H134N2O7P+. The van der Waals surface area contributed by atoms with E-state index in [1.165, 1.54) is 205 Å². The summed E-state index contributed by atoms with van der Waals surface area (Å²) in [6.07, 6.45) is 80.8. The minimum atomic E-state index is -4.47. The van der Waals surface area contributed by atoms with Crippen LogP contribution in [0.25, 0.3) is 0 Å². The molecule has 0 bridgehead atoms. The lowest BCUT2D eigenvalue weighted by atomic mass is 10.0. The number of carbonyl (C=O) groups excluding carboxylic acids is 2. The van der Waals surface area contributed by atoms with Gasteiger partial charge in [0, 0.05) is 12.8 Å². The number of allylic oxidation sites excluding steroid dienone is 11. The Kier molecular flexibility index (Phi) is 59.6. The van der Waals surface area contributed by atoms with Gasteiger partial charge in [0.05, 0.1) is 33.8 Å². The number of rotatable bonds is 63. The van der Waals surface area contributed by atoms with Crippen LogP contribution in [-0.4, -0.2) is 74.3 Å². The van der Waals surface area contributed by atoms with E-state index < -0.39 is 20.0 Å². The van der Waals surface area contributed by atoms with Gasteiger partial charge in [-0.2, -0.15) is 0 Å². The van der Waals surface area contributed by atoms with E-state index in [1.54, 1.807) is 0 Å². The fourth-order valence-corrected chi connectivity index (χ4v) is 10.8. The lowest BCUT2D eigenvalue weighted by molar-refractivity contribution is -0.870. The third kappa shape index (κ3) is 62.0. The van der Waals surface area contributed by atoms with Gasteiger partial charge in [-0.25, -0.2) is 4.57 Å². The van der Waals surface area contributed by atoms with Crippen molar-refractivity contribution in [3.8, 4) is 0 Å². The molecule has 9 nitrogen and oxygen atoms in total. The summed E-state index contributed by atoms with van der Waals surface area (Å²) in [5.41, 5.74) is 0. The molecule has 0 rings (SSSR count). The maximum Gasteiger partial charge on any atom is 0.472 e. The summed E-state index contributed by atoms with van der Waals surface area (Å²) in [5.74, 6) is -0.563. The molecule has 0 saturated carbocycles. The molecule has 0 aliphatic carbocycles. The van der Waals surface area contributed by atoms with E-state index in [1.807, 2.05) is 33.3 Å². The Morgan fingerprint density at radius 3 is 1.18 bits per heavy atom. The predicted octanol–water partition coefficient (Wildman–Crippen LogP) is 22.0. The molecular weight excluding hydrogens is 1040 g/mol. The summed E-state index contributed by atoms with van der Waals surface area (Å²) in [7, 11) is 1.46. The van der Waals surface area contributed by atoms with Gasteiger partial charge in [-0.3, -0.25) is 18.6 Å². The van der Waals surface area contributed by atoms with Crippen molar-refractivity contribution in [3.63, 3.8) is 0 Å². The van der Waals surface area contributed by atoms with Crippen molar-refractivity contribution < 1.29 is 37.3 Å². The summed E-state index contributed by atoms with van der Waals surface area (Å²) in [4.78, 5) is 37.8. The summed E-state index contributed by atoms with van der Waals surface area (Å²) >= 11 is 0. The maximum atomic E-state index is 13.5. The summed E-state index contributed by atoms with van der Waals surface area (Å²) < 4.78 is 30.7. The molecule has 3 atom stereocenters. The third-order valence-electron chi connectivity index (χ3n) is 15.4. The highest BCUT2D eigenvalue weighted by atomic mass is 31.2. The molecule has 0 aliphatic heterocycles. The first-order valence-corrected chi connectivity index (χ1v) is 36.3. The normalized spacial score (nSPS) is 14.0. The molecule has 0 saturated heterocycles. The molecule has 10 heteroatoms. The van der Waals surface area contributed by atoms with Crippen molar-refractivity contribution in [2.24, 2.45) is 0 Å². The van der Waals surface area contributed by atoms with Gasteiger partial charge in [0.2, 0.25) is 5.91 Å². The first-order chi connectivity index (χ1) is 39.9. The van der Waals surface area contributed by atoms with Gasteiger partial charge >= 0.3 is 13.8 Å².